The lowest BCUT2D eigenvalue weighted by Crippen LogP contribution is -2.06. The minimum Gasteiger partial charge on any atom is -0.489 e. The fourth-order valence-electron chi connectivity index (χ4n) is 1.42. The van der Waals surface area contributed by atoms with Crippen LogP contribution in [0.4, 0.5) is 5.69 Å². The van der Waals surface area contributed by atoms with Crippen molar-refractivity contribution < 1.29 is 4.74 Å². The summed E-state index contributed by atoms with van der Waals surface area (Å²) in [5.41, 5.74) is 4.57. The van der Waals surface area contributed by atoms with Gasteiger partial charge in [0.05, 0.1) is 5.69 Å². The van der Waals surface area contributed by atoms with Gasteiger partial charge >= 0.3 is 0 Å². The summed E-state index contributed by atoms with van der Waals surface area (Å²) in [6.07, 6.45) is 0. The molecule has 17 heavy (non-hydrogen) atoms. The molecule has 3 nitrogen and oxygen atoms in total. The Bertz CT molecular complexity index is 448. The zero-order valence-corrected chi connectivity index (χ0v) is 10.1. The largest absolute Gasteiger partial charge is 0.489 e. The number of halogens is 1. The van der Waals surface area contributed by atoms with Crippen LogP contribution in [0.25, 0.3) is 0 Å². The summed E-state index contributed by atoms with van der Waals surface area (Å²) < 4.78 is 5.64. The zero-order valence-electron chi connectivity index (χ0n) is 9.30. The van der Waals surface area contributed by atoms with Crippen LogP contribution in [-0.2, 0) is 6.61 Å². The molecular formula is C13H15ClN2O. The van der Waals surface area contributed by atoms with Crippen LogP contribution < -0.4 is 16.0 Å². The number of ether oxygens (including phenoxy) is 1. The predicted molar refractivity (Wildman–Crippen MR) is 72.3 cm³/mol. The van der Waals surface area contributed by atoms with Crippen molar-refractivity contribution in [2.45, 2.75) is 6.61 Å². The summed E-state index contributed by atoms with van der Waals surface area (Å²) in [4.78, 5) is 0. The van der Waals surface area contributed by atoms with Gasteiger partial charge in [-0.25, -0.2) is 0 Å². The average molecular weight is 251 g/mol. The number of nitrogens with two attached hydrogens (primary N) is 1. The Morgan fingerprint density at radius 3 is 2.47 bits per heavy atom. The van der Waals surface area contributed by atoms with E-state index in [0.717, 1.165) is 17.0 Å². The lowest BCUT2D eigenvalue weighted by atomic mass is 10.2. The predicted octanol–water partition coefficient (Wildman–Crippen LogP) is 2.97. The van der Waals surface area contributed by atoms with Gasteiger partial charge in [-0.15, -0.1) is 12.4 Å². The molecule has 0 saturated carbocycles. The molecular weight excluding hydrogens is 236 g/mol. The number of rotatable bonds is 4. The lowest BCUT2D eigenvalue weighted by Gasteiger charge is -2.07. The minimum atomic E-state index is 0. The molecule has 0 aliphatic rings. The number of nitrogens with one attached hydrogen (secondary N) is 1. The quantitative estimate of drug-likeness (QED) is 0.648. The van der Waals surface area contributed by atoms with Crippen LogP contribution in [-0.4, -0.2) is 0 Å². The molecule has 0 fully saturated rings. The second kappa shape index (κ2) is 6.78. The van der Waals surface area contributed by atoms with Gasteiger partial charge in [-0.05, 0) is 17.7 Å². The van der Waals surface area contributed by atoms with E-state index in [4.69, 9.17) is 10.6 Å². The first-order valence-electron chi connectivity index (χ1n) is 5.12. The van der Waals surface area contributed by atoms with E-state index in [1.165, 1.54) is 0 Å². The number of anilines is 1. The molecule has 0 heterocycles. The Labute approximate surface area is 107 Å². The van der Waals surface area contributed by atoms with Gasteiger partial charge in [0.1, 0.15) is 12.4 Å². The third kappa shape index (κ3) is 3.98. The Kier molecular flexibility index (Phi) is 5.33. The highest BCUT2D eigenvalue weighted by molar-refractivity contribution is 5.85. The molecule has 0 aliphatic heterocycles. The molecule has 0 spiro atoms. The molecule has 0 radical (unpaired) electrons. The average Bonchev–Trinajstić information content (AvgIpc) is 2.38. The topological polar surface area (TPSA) is 47.3 Å². The maximum Gasteiger partial charge on any atom is 0.121 e. The molecule has 4 heteroatoms. The molecule has 90 valence electrons. The van der Waals surface area contributed by atoms with Gasteiger partial charge in [-0.2, -0.15) is 0 Å². The highest BCUT2D eigenvalue weighted by Crippen LogP contribution is 2.17. The Balaban J connectivity index is 0.00000144. The van der Waals surface area contributed by atoms with E-state index in [2.05, 4.69) is 5.43 Å². The van der Waals surface area contributed by atoms with Gasteiger partial charge in [0.15, 0.2) is 0 Å². The molecule has 2 aromatic carbocycles. The van der Waals surface area contributed by atoms with Crippen molar-refractivity contribution in [2.75, 3.05) is 5.43 Å². The van der Waals surface area contributed by atoms with Crippen LogP contribution in [0, 0.1) is 0 Å². The molecule has 0 amide bonds. The molecule has 0 bridgehead atoms. The first kappa shape index (κ1) is 13.4. The first-order chi connectivity index (χ1) is 7.88. The van der Waals surface area contributed by atoms with Gasteiger partial charge in [-0.3, -0.25) is 5.84 Å². The van der Waals surface area contributed by atoms with E-state index in [9.17, 15) is 0 Å². The summed E-state index contributed by atoms with van der Waals surface area (Å²) in [5.74, 6) is 6.13. The summed E-state index contributed by atoms with van der Waals surface area (Å²) >= 11 is 0. The Morgan fingerprint density at radius 1 is 1.00 bits per heavy atom. The third-order valence-corrected chi connectivity index (χ3v) is 2.25. The molecule has 0 unspecified atom stereocenters. The second-order valence-corrected chi connectivity index (χ2v) is 3.45. The SMILES string of the molecule is Cl.NNc1cccc(OCc2ccccc2)c1. The van der Waals surface area contributed by atoms with E-state index < -0.39 is 0 Å². The van der Waals surface area contributed by atoms with Crippen LogP contribution >= 0.6 is 12.4 Å². The van der Waals surface area contributed by atoms with Crippen molar-refractivity contribution in [3.05, 3.63) is 60.2 Å². The molecule has 0 atom stereocenters. The summed E-state index contributed by atoms with van der Waals surface area (Å²) in [6, 6.07) is 17.6. The Hall–Kier alpha value is -1.71. The van der Waals surface area contributed by atoms with Crippen molar-refractivity contribution in [3.8, 4) is 5.75 Å². The van der Waals surface area contributed by atoms with E-state index in [-0.39, 0.29) is 12.4 Å². The first-order valence-corrected chi connectivity index (χ1v) is 5.12. The van der Waals surface area contributed by atoms with Gasteiger partial charge in [0.25, 0.3) is 0 Å². The highest BCUT2D eigenvalue weighted by atomic mass is 35.5. The summed E-state index contributed by atoms with van der Waals surface area (Å²) in [7, 11) is 0. The van der Waals surface area contributed by atoms with Gasteiger partial charge < -0.3 is 10.2 Å². The summed E-state index contributed by atoms with van der Waals surface area (Å²) in [6.45, 7) is 0.564. The summed E-state index contributed by atoms with van der Waals surface area (Å²) in [5, 5.41) is 0. The number of hydrazine groups is 1. The van der Waals surface area contributed by atoms with Crippen molar-refractivity contribution in [1.82, 2.24) is 0 Å². The van der Waals surface area contributed by atoms with Crippen LogP contribution in [0.5, 0.6) is 5.75 Å². The number of benzene rings is 2. The molecule has 0 aliphatic carbocycles. The van der Waals surface area contributed by atoms with Gasteiger partial charge in [0.2, 0.25) is 0 Å². The van der Waals surface area contributed by atoms with Gasteiger partial charge in [-0.1, -0.05) is 36.4 Å². The minimum absolute atomic E-state index is 0. The van der Waals surface area contributed by atoms with Crippen molar-refractivity contribution >= 4 is 18.1 Å². The second-order valence-electron chi connectivity index (χ2n) is 3.45. The molecule has 0 aromatic heterocycles. The highest BCUT2D eigenvalue weighted by Gasteiger charge is 1.96. The molecule has 2 aromatic rings. The fraction of sp³-hybridized carbons (Fsp3) is 0.0769. The van der Waals surface area contributed by atoms with Crippen LogP contribution in [0.15, 0.2) is 54.6 Å². The van der Waals surface area contributed by atoms with Crippen LogP contribution in [0.1, 0.15) is 5.56 Å². The number of nitrogen functional groups attached to an aromatic ring is 1. The molecule has 2 rings (SSSR count). The zero-order chi connectivity index (χ0) is 11.2. The van der Waals surface area contributed by atoms with E-state index in [1.807, 2.05) is 54.6 Å². The Morgan fingerprint density at radius 2 is 1.76 bits per heavy atom. The van der Waals surface area contributed by atoms with Crippen LogP contribution in [0.3, 0.4) is 0 Å². The van der Waals surface area contributed by atoms with E-state index in [0.29, 0.717) is 6.61 Å². The monoisotopic (exact) mass is 250 g/mol. The van der Waals surface area contributed by atoms with Crippen molar-refractivity contribution in [2.24, 2.45) is 5.84 Å². The standard InChI is InChI=1S/C13H14N2O.ClH/c14-15-12-7-4-8-13(9-12)16-10-11-5-2-1-3-6-11;/h1-9,15H,10,14H2;1H. The lowest BCUT2D eigenvalue weighted by molar-refractivity contribution is 0.306. The smallest absolute Gasteiger partial charge is 0.121 e. The van der Waals surface area contributed by atoms with Crippen molar-refractivity contribution in [3.63, 3.8) is 0 Å². The molecule has 3 N–H and O–H groups in total. The third-order valence-electron chi connectivity index (χ3n) is 2.25. The van der Waals surface area contributed by atoms with Crippen LogP contribution in [0.2, 0.25) is 0 Å². The normalized spacial score (nSPS) is 9.24. The van der Waals surface area contributed by atoms with E-state index in [1.54, 1.807) is 0 Å². The number of hydrogen-bond acceptors (Lipinski definition) is 3. The van der Waals surface area contributed by atoms with Crippen molar-refractivity contribution in [1.29, 1.82) is 0 Å². The maximum atomic E-state index is 5.64. The van der Waals surface area contributed by atoms with Gasteiger partial charge in [0, 0.05) is 6.07 Å². The molecule has 0 saturated heterocycles. The number of hydrogen-bond donors (Lipinski definition) is 2. The van der Waals surface area contributed by atoms with E-state index >= 15 is 0 Å². The fourth-order valence-corrected chi connectivity index (χ4v) is 1.42. The maximum absolute atomic E-state index is 5.64.